The standard InChI is InChI=1S/C24H37N5O2/c1-24(2,3)21-15-26-22(31-21)16-28-23(25-4)27-14-18-10-12-29(13-11-18)17-19-6-8-20(30-5)9-7-19/h6-9,15,18H,10-14,16-17H2,1-5H3,(H2,25,27,28). The van der Waals surface area contributed by atoms with E-state index in [9.17, 15) is 0 Å². The molecule has 1 aromatic heterocycles. The minimum atomic E-state index is -0.0343. The third-order valence-electron chi connectivity index (χ3n) is 5.75. The molecular formula is C24H37N5O2. The lowest BCUT2D eigenvalue weighted by Gasteiger charge is -2.32. The van der Waals surface area contributed by atoms with E-state index in [1.165, 1.54) is 18.4 Å². The van der Waals surface area contributed by atoms with Crippen molar-refractivity contribution in [3.63, 3.8) is 0 Å². The van der Waals surface area contributed by atoms with Gasteiger partial charge in [0.25, 0.3) is 0 Å². The number of piperidine rings is 1. The maximum absolute atomic E-state index is 5.84. The molecule has 1 aromatic carbocycles. The highest BCUT2D eigenvalue weighted by Gasteiger charge is 2.21. The van der Waals surface area contributed by atoms with Gasteiger partial charge in [-0.05, 0) is 49.5 Å². The summed E-state index contributed by atoms with van der Waals surface area (Å²) in [7, 11) is 3.50. The zero-order valence-electron chi connectivity index (χ0n) is 19.6. The lowest BCUT2D eigenvalue weighted by Crippen LogP contribution is -2.42. The number of hydrogen-bond acceptors (Lipinski definition) is 5. The fourth-order valence-corrected chi connectivity index (χ4v) is 3.70. The van der Waals surface area contributed by atoms with Crippen LogP contribution in [0, 0.1) is 5.92 Å². The summed E-state index contributed by atoms with van der Waals surface area (Å²) in [5.74, 6) is 3.93. The molecule has 170 valence electrons. The maximum Gasteiger partial charge on any atom is 0.213 e. The quantitative estimate of drug-likeness (QED) is 0.520. The average Bonchev–Trinajstić information content (AvgIpc) is 3.25. The molecule has 7 nitrogen and oxygen atoms in total. The van der Waals surface area contributed by atoms with E-state index in [-0.39, 0.29) is 5.41 Å². The molecule has 2 heterocycles. The van der Waals surface area contributed by atoms with E-state index in [4.69, 9.17) is 9.15 Å². The number of rotatable bonds is 7. The molecule has 31 heavy (non-hydrogen) atoms. The van der Waals surface area contributed by atoms with Gasteiger partial charge in [-0.15, -0.1) is 0 Å². The fourth-order valence-electron chi connectivity index (χ4n) is 3.70. The Kier molecular flexibility index (Phi) is 7.96. The molecule has 0 radical (unpaired) electrons. The Labute approximate surface area is 186 Å². The molecule has 0 aliphatic carbocycles. The summed E-state index contributed by atoms with van der Waals surface area (Å²) < 4.78 is 11.1. The second-order valence-corrected chi connectivity index (χ2v) is 9.24. The predicted octanol–water partition coefficient (Wildman–Crippen LogP) is 3.56. The molecule has 1 fully saturated rings. The molecule has 2 aromatic rings. The fraction of sp³-hybridized carbons (Fsp3) is 0.583. The maximum atomic E-state index is 5.84. The van der Waals surface area contributed by atoms with Gasteiger partial charge >= 0.3 is 0 Å². The van der Waals surface area contributed by atoms with Gasteiger partial charge in [-0.25, -0.2) is 4.98 Å². The van der Waals surface area contributed by atoms with Gasteiger partial charge in [0.05, 0.1) is 19.9 Å². The lowest BCUT2D eigenvalue weighted by atomic mass is 9.94. The number of methoxy groups -OCH3 is 1. The van der Waals surface area contributed by atoms with E-state index >= 15 is 0 Å². The van der Waals surface area contributed by atoms with Gasteiger partial charge in [0, 0.05) is 25.6 Å². The van der Waals surface area contributed by atoms with Crippen molar-refractivity contribution < 1.29 is 9.15 Å². The first-order valence-electron chi connectivity index (χ1n) is 11.1. The van der Waals surface area contributed by atoms with Crippen LogP contribution in [0.25, 0.3) is 0 Å². The number of aliphatic imine (C=N–C) groups is 1. The van der Waals surface area contributed by atoms with E-state index in [2.05, 4.69) is 58.4 Å². The van der Waals surface area contributed by atoms with Crippen LogP contribution in [-0.4, -0.2) is 49.6 Å². The second-order valence-electron chi connectivity index (χ2n) is 9.24. The molecule has 1 aliphatic heterocycles. The zero-order valence-corrected chi connectivity index (χ0v) is 19.6. The predicted molar refractivity (Wildman–Crippen MR) is 124 cm³/mol. The van der Waals surface area contributed by atoms with Crippen molar-refractivity contribution in [1.29, 1.82) is 0 Å². The molecule has 3 rings (SSSR count). The smallest absolute Gasteiger partial charge is 0.213 e. The molecule has 0 atom stereocenters. The SMILES string of the molecule is CN=C(NCc1ncc(C(C)(C)C)o1)NCC1CCN(Cc2ccc(OC)cc2)CC1. The third-order valence-corrected chi connectivity index (χ3v) is 5.75. The summed E-state index contributed by atoms with van der Waals surface area (Å²) in [4.78, 5) is 11.2. The first kappa shape index (κ1) is 23.1. The van der Waals surface area contributed by atoms with Crippen LogP contribution in [0.3, 0.4) is 0 Å². The van der Waals surface area contributed by atoms with Gasteiger partial charge in [0.2, 0.25) is 5.89 Å². The number of benzene rings is 1. The summed E-state index contributed by atoms with van der Waals surface area (Å²) in [6, 6.07) is 8.38. The molecule has 1 aliphatic rings. The number of aromatic nitrogens is 1. The number of nitrogens with zero attached hydrogens (tertiary/aromatic N) is 3. The van der Waals surface area contributed by atoms with Crippen LogP contribution in [0.2, 0.25) is 0 Å². The summed E-state index contributed by atoms with van der Waals surface area (Å²) in [6.45, 7) is 11.0. The minimum Gasteiger partial charge on any atom is -0.497 e. The normalized spacial score (nSPS) is 16.4. The van der Waals surface area contributed by atoms with Crippen molar-refractivity contribution in [2.45, 2.75) is 52.1 Å². The Hall–Kier alpha value is -2.54. The summed E-state index contributed by atoms with van der Waals surface area (Å²) in [5.41, 5.74) is 1.30. The summed E-state index contributed by atoms with van der Waals surface area (Å²) >= 11 is 0. The highest BCUT2D eigenvalue weighted by atomic mass is 16.5. The van der Waals surface area contributed by atoms with Crippen LogP contribution < -0.4 is 15.4 Å². The van der Waals surface area contributed by atoms with E-state index in [0.717, 1.165) is 43.6 Å². The van der Waals surface area contributed by atoms with Crippen molar-refractivity contribution in [3.05, 3.63) is 47.7 Å². The molecule has 0 unspecified atom stereocenters. The number of likely N-dealkylation sites (tertiary alicyclic amines) is 1. The molecule has 0 bridgehead atoms. The van der Waals surface area contributed by atoms with Gasteiger partial charge in [-0.3, -0.25) is 9.89 Å². The highest BCUT2D eigenvalue weighted by Crippen LogP contribution is 2.22. The lowest BCUT2D eigenvalue weighted by molar-refractivity contribution is 0.178. The van der Waals surface area contributed by atoms with Crippen molar-refractivity contribution in [1.82, 2.24) is 20.5 Å². The highest BCUT2D eigenvalue weighted by molar-refractivity contribution is 5.79. The van der Waals surface area contributed by atoms with E-state index in [0.29, 0.717) is 18.4 Å². The monoisotopic (exact) mass is 427 g/mol. The number of guanidine groups is 1. The first-order chi connectivity index (χ1) is 14.9. The molecule has 1 saturated heterocycles. The van der Waals surface area contributed by atoms with Gasteiger partial charge in [0.1, 0.15) is 11.5 Å². The average molecular weight is 428 g/mol. The van der Waals surface area contributed by atoms with Crippen molar-refractivity contribution in [2.24, 2.45) is 10.9 Å². The Morgan fingerprint density at radius 2 is 1.90 bits per heavy atom. The topological polar surface area (TPSA) is 74.9 Å². The summed E-state index contributed by atoms with van der Waals surface area (Å²) in [5, 5.41) is 6.76. The molecule has 7 heteroatoms. The third kappa shape index (κ3) is 6.99. The molecule has 0 amide bonds. The van der Waals surface area contributed by atoms with Crippen molar-refractivity contribution in [2.75, 3.05) is 33.8 Å². The van der Waals surface area contributed by atoms with Crippen molar-refractivity contribution in [3.8, 4) is 5.75 Å². The van der Waals surface area contributed by atoms with E-state index in [1.807, 2.05) is 18.3 Å². The van der Waals surface area contributed by atoms with E-state index < -0.39 is 0 Å². The van der Waals surface area contributed by atoms with E-state index in [1.54, 1.807) is 14.2 Å². The molecule has 2 N–H and O–H groups in total. The Balaban J connectivity index is 1.37. The Morgan fingerprint density at radius 3 is 2.48 bits per heavy atom. The van der Waals surface area contributed by atoms with Gasteiger partial charge in [0.15, 0.2) is 5.96 Å². The molecule has 0 saturated carbocycles. The van der Waals surface area contributed by atoms with Crippen LogP contribution in [0.1, 0.15) is 50.8 Å². The van der Waals surface area contributed by atoms with Crippen LogP contribution in [0.15, 0.2) is 39.9 Å². The zero-order chi connectivity index (χ0) is 22.3. The van der Waals surface area contributed by atoms with Crippen LogP contribution in [0.4, 0.5) is 0 Å². The van der Waals surface area contributed by atoms with Crippen LogP contribution in [-0.2, 0) is 18.5 Å². The Morgan fingerprint density at radius 1 is 1.19 bits per heavy atom. The number of nitrogens with one attached hydrogen (secondary N) is 2. The molecular weight excluding hydrogens is 390 g/mol. The van der Waals surface area contributed by atoms with Gasteiger partial charge in [-0.2, -0.15) is 0 Å². The minimum absolute atomic E-state index is 0.0343. The number of ether oxygens (including phenoxy) is 1. The largest absolute Gasteiger partial charge is 0.497 e. The second kappa shape index (κ2) is 10.7. The van der Waals surface area contributed by atoms with Gasteiger partial charge in [-0.1, -0.05) is 32.9 Å². The first-order valence-corrected chi connectivity index (χ1v) is 11.1. The van der Waals surface area contributed by atoms with Gasteiger partial charge < -0.3 is 19.8 Å². The van der Waals surface area contributed by atoms with Crippen molar-refractivity contribution >= 4 is 5.96 Å². The Bertz CT molecular complexity index is 830. The van der Waals surface area contributed by atoms with Crippen LogP contribution >= 0.6 is 0 Å². The summed E-state index contributed by atoms with van der Waals surface area (Å²) in [6.07, 6.45) is 4.19. The molecule has 0 spiro atoms. The van der Waals surface area contributed by atoms with Crippen LogP contribution in [0.5, 0.6) is 5.75 Å². The number of hydrogen-bond donors (Lipinski definition) is 2. The number of oxazole rings is 1.